The summed E-state index contributed by atoms with van der Waals surface area (Å²) in [6, 6.07) is 5.40. The Hall–Kier alpha value is -1.59. The van der Waals surface area contributed by atoms with Gasteiger partial charge >= 0.3 is 5.97 Å². The van der Waals surface area contributed by atoms with E-state index < -0.39 is 23.8 Å². The lowest BCUT2D eigenvalue weighted by molar-refractivity contribution is -0.182. The molecule has 0 saturated heterocycles. The van der Waals surface area contributed by atoms with Gasteiger partial charge in [0.05, 0.1) is 19.3 Å². The van der Waals surface area contributed by atoms with E-state index in [4.69, 9.17) is 9.47 Å². The molecule has 0 bridgehead atoms. The van der Waals surface area contributed by atoms with Crippen LogP contribution in [0.2, 0.25) is 0 Å². The van der Waals surface area contributed by atoms with Gasteiger partial charge in [0.25, 0.3) is 0 Å². The number of hydrogen-bond acceptors (Lipinski definition) is 4. The number of carboxylic acids is 1. The van der Waals surface area contributed by atoms with Gasteiger partial charge in [-0.2, -0.15) is 0 Å². The molecular weight excluding hydrogens is 260 g/mol. The highest BCUT2D eigenvalue weighted by Gasteiger charge is 2.48. The number of aryl methyl sites for hydroxylation is 1. The number of aliphatic hydroxyl groups is 1. The summed E-state index contributed by atoms with van der Waals surface area (Å²) >= 11 is 0. The van der Waals surface area contributed by atoms with Gasteiger partial charge in [0.2, 0.25) is 0 Å². The summed E-state index contributed by atoms with van der Waals surface area (Å²) in [5, 5.41) is 19.2. The molecule has 5 nitrogen and oxygen atoms in total. The van der Waals surface area contributed by atoms with Crippen molar-refractivity contribution in [3.8, 4) is 5.75 Å². The standard InChI is InChI=1S/C15H20O5/c1-9(16)10(2)20-15(14(17)18)7-6-11-4-5-12(19-3)8-13(11)15/h4-5,8-10,16H,6-7H2,1-3H3,(H,17,18). The van der Waals surface area contributed by atoms with Crippen LogP contribution < -0.4 is 4.74 Å². The fourth-order valence-electron chi connectivity index (χ4n) is 2.53. The molecule has 110 valence electrons. The van der Waals surface area contributed by atoms with Crippen molar-refractivity contribution in [2.24, 2.45) is 0 Å². The van der Waals surface area contributed by atoms with Crippen molar-refractivity contribution in [1.82, 2.24) is 0 Å². The third-order valence-corrected chi connectivity index (χ3v) is 3.91. The van der Waals surface area contributed by atoms with E-state index in [0.29, 0.717) is 24.2 Å². The molecule has 0 saturated carbocycles. The number of carboxylic acid groups (broad SMARTS) is 1. The van der Waals surface area contributed by atoms with Gasteiger partial charge < -0.3 is 19.7 Å². The van der Waals surface area contributed by atoms with E-state index in [2.05, 4.69) is 0 Å². The second-order valence-electron chi connectivity index (χ2n) is 5.22. The number of fused-ring (bicyclic) bond motifs is 1. The Morgan fingerprint density at radius 1 is 1.40 bits per heavy atom. The summed E-state index contributed by atoms with van der Waals surface area (Å²) in [6.07, 6.45) is -0.302. The monoisotopic (exact) mass is 280 g/mol. The molecule has 0 spiro atoms. The first kappa shape index (κ1) is 14.8. The van der Waals surface area contributed by atoms with Gasteiger partial charge in [0, 0.05) is 5.56 Å². The number of carbonyl (C=O) groups is 1. The highest BCUT2D eigenvalue weighted by Crippen LogP contribution is 2.43. The van der Waals surface area contributed by atoms with Gasteiger partial charge in [-0.1, -0.05) is 6.07 Å². The van der Waals surface area contributed by atoms with E-state index >= 15 is 0 Å². The molecular formula is C15H20O5. The molecule has 0 radical (unpaired) electrons. The molecule has 0 aromatic heterocycles. The Morgan fingerprint density at radius 2 is 2.10 bits per heavy atom. The Balaban J connectivity index is 2.45. The van der Waals surface area contributed by atoms with Crippen LogP contribution >= 0.6 is 0 Å². The quantitative estimate of drug-likeness (QED) is 0.858. The van der Waals surface area contributed by atoms with Crippen molar-refractivity contribution in [1.29, 1.82) is 0 Å². The van der Waals surface area contributed by atoms with Gasteiger partial charge in [0.15, 0.2) is 5.60 Å². The smallest absolute Gasteiger partial charge is 0.340 e. The molecule has 0 aliphatic heterocycles. The molecule has 0 amide bonds. The van der Waals surface area contributed by atoms with E-state index in [-0.39, 0.29) is 0 Å². The number of aliphatic hydroxyl groups excluding tert-OH is 1. The van der Waals surface area contributed by atoms with Crippen LogP contribution in [-0.2, 0) is 21.6 Å². The number of ether oxygens (including phenoxy) is 2. The van der Waals surface area contributed by atoms with Crippen LogP contribution in [-0.4, -0.2) is 35.5 Å². The van der Waals surface area contributed by atoms with Crippen LogP contribution in [0, 0.1) is 0 Å². The number of hydrogen-bond donors (Lipinski definition) is 2. The number of rotatable bonds is 5. The van der Waals surface area contributed by atoms with E-state index in [0.717, 1.165) is 5.56 Å². The molecule has 1 aromatic carbocycles. The third kappa shape index (κ3) is 2.39. The van der Waals surface area contributed by atoms with E-state index in [1.165, 1.54) is 0 Å². The predicted octanol–water partition coefficient (Wildman–Crippen LogP) is 1.71. The fourth-order valence-corrected chi connectivity index (χ4v) is 2.53. The van der Waals surface area contributed by atoms with Gasteiger partial charge in [-0.25, -0.2) is 4.79 Å². The predicted molar refractivity (Wildman–Crippen MR) is 72.9 cm³/mol. The number of aliphatic carboxylic acids is 1. The van der Waals surface area contributed by atoms with Gasteiger partial charge in [0.1, 0.15) is 5.75 Å². The van der Waals surface area contributed by atoms with Crippen LogP contribution in [0.4, 0.5) is 0 Å². The SMILES string of the molecule is COc1ccc2c(c1)C(OC(C)C(C)O)(C(=O)O)CC2. The van der Waals surface area contributed by atoms with Crippen molar-refractivity contribution < 1.29 is 24.5 Å². The minimum absolute atomic E-state index is 0.363. The summed E-state index contributed by atoms with van der Waals surface area (Å²) in [5.74, 6) is -0.429. The Morgan fingerprint density at radius 3 is 2.65 bits per heavy atom. The minimum Gasteiger partial charge on any atom is -0.497 e. The summed E-state index contributed by atoms with van der Waals surface area (Å²) in [4.78, 5) is 11.8. The van der Waals surface area contributed by atoms with Crippen LogP contribution in [0.5, 0.6) is 5.75 Å². The molecule has 1 aromatic rings. The van der Waals surface area contributed by atoms with Crippen LogP contribution in [0.1, 0.15) is 31.4 Å². The Labute approximate surface area is 118 Å². The molecule has 20 heavy (non-hydrogen) atoms. The lowest BCUT2D eigenvalue weighted by Crippen LogP contribution is -2.42. The Kier molecular flexibility index (Phi) is 4.01. The molecule has 3 atom stereocenters. The fraction of sp³-hybridized carbons (Fsp3) is 0.533. The highest BCUT2D eigenvalue weighted by molar-refractivity contribution is 5.81. The number of benzene rings is 1. The summed E-state index contributed by atoms with van der Waals surface area (Å²) < 4.78 is 10.9. The first-order chi connectivity index (χ1) is 9.40. The van der Waals surface area contributed by atoms with E-state index in [9.17, 15) is 15.0 Å². The lowest BCUT2D eigenvalue weighted by Gasteiger charge is -2.31. The topological polar surface area (TPSA) is 76.0 Å². The first-order valence-electron chi connectivity index (χ1n) is 6.67. The molecule has 2 N–H and O–H groups in total. The normalized spacial score (nSPS) is 24.0. The first-order valence-corrected chi connectivity index (χ1v) is 6.67. The maximum Gasteiger partial charge on any atom is 0.340 e. The van der Waals surface area contributed by atoms with Crippen molar-refractivity contribution in [3.05, 3.63) is 29.3 Å². The molecule has 0 fully saturated rings. The number of methoxy groups -OCH3 is 1. The average molecular weight is 280 g/mol. The molecule has 5 heteroatoms. The minimum atomic E-state index is -1.40. The van der Waals surface area contributed by atoms with Crippen LogP contribution in [0.15, 0.2) is 18.2 Å². The van der Waals surface area contributed by atoms with E-state index in [1.807, 2.05) is 12.1 Å². The van der Waals surface area contributed by atoms with Crippen molar-refractivity contribution in [3.63, 3.8) is 0 Å². The highest BCUT2D eigenvalue weighted by atomic mass is 16.5. The summed E-state index contributed by atoms with van der Waals surface area (Å²) in [6.45, 7) is 3.26. The molecule has 1 aliphatic rings. The average Bonchev–Trinajstić information content (AvgIpc) is 2.78. The van der Waals surface area contributed by atoms with Crippen molar-refractivity contribution in [2.75, 3.05) is 7.11 Å². The van der Waals surface area contributed by atoms with Gasteiger partial charge in [-0.3, -0.25) is 0 Å². The third-order valence-electron chi connectivity index (χ3n) is 3.91. The molecule has 1 aliphatic carbocycles. The maximum absolute atomic E-state index is 11.8. The maximum atomic E-state index is 11.8. The molecule has 2 rings (SSSR count). The zero-order chi connectivity index (χ0) is 14.9. The van der Waals surface area contributed by atoms with Crippen molar-refractivity contribution >= 4 is 5.97 Å². The zero-order valence-corrected chi connectivity index (χ0v) is 11.9. The molecule has 3 unspecified atom stereocenters. The second-order valence-corrected chi connectivity index (χ2v) is 5.22. The lowest BCUT2D eigenvalue weighted by atomic mass is 9.95. The van der Waals surface area contributed by atoms with Gasteiger partial charge in [-0.05, 0) is 44.4 Å². The van der Waals surface area contributed by atoms with E-state index in [1.54, 1.807) is 27.0 Å². The summed E-state index contributed by atoms with van der Waals surface area (Å²) in [5.41, 5.74) is 0.170. The van der Waals surface area contributed by atoms with Crippen molar-refractivity contribution in [2.45, 2.75) is 44.5 Å². The van der Waals surface area contributed by atoms with Crippen LogP contribution in [0.25, 0.3) is 0 Å². The largest absolute Gasteiger partial charge is 0.497 e. The van der Waals surface area contributed by atoms with Crippen LogP contribution in [0.3, 0.4) is 0 Å². The summed E-state index contributed by atoms with van der Waals surface area (Å²) in [7, 11) is 1.54. The Bertz CT molecular complexity index is 511. The molecule has 0 heterocycles. The second kappa shape index (κ2) is 5.42. The van der Waals surface area contributed by atoms with Gasteiger partial charge in [-0.15, -0.1) is 0 Å². The zero-order valence-electron chi connectivity index (χ0n) is 11.9.